The molecule has 0 atom stereocenters. The monoisotopic (exact) mass is 390 g/mol. The van der Waals surface area contributed by atoms with Gasteiger partial charge < -0.3 is 4.90 Å². The molecule has 3 rings (SSSR count). The van der Waals surface area contributed by atoms with E-state index in [1.54, 1.807) is 6.08 Å². The molecule has 0 N–H and O–H groups in total. The minimum Gasteiger partial charge on any atom is -0.339 e. The van der Waals surface area contributed by atoms with Gasteiger partial charge >= 0.3 is 0 Å². The summed E-state index contributed by atoms with van der Waals surface area (Å²) in [6.45, 7) is 5.91. The van der Waals surface area contributed by atoms with Crippen LogP contribution in [0.15, 0.2) is 35.7 Å². The number of nitrogens with zero attached hydrogens (tertiary/aromatic N) is 2. The van der Waals surface area contributed by atoms with Gasteiger partial charge in [0.1, 0.15) is 0 Å². The van der Waals surface area contributed by atoms with Crippen molar-refractivity contribution in [2.45, 2.75) is 45.6 Å². The molecular weight excluding hydrogens is 360 g/mol. The van der Waals surface area contributed by atoms with Crippen LogP contribution in [-0.2, 0) is 14.8 Å². The smallest absolute Gasteiger partial charge is 0.236 e. The third-order valence-electron chi connectivity index (χ3n) is 5.23. The highest BCUT2D eigenvalue weighted by Gasteiger charge is 2.38. The lowest BCUT2D eigenvalue weighted by Gasteiger charge is -2.34. The van der Waals surface area contributed by atoms with Crippen molar-refractivity contribution in [1.29, 1.82) is 0 Å². The second-order valence-electron chi connectivity index (χ2n) is 8.05. The number of piperidine rings is 1. The Labute approximate surface area is 163 Å². The summed E-state index contributed by atoms with van der Waals surface area (Å²) in [6.07, 6.45) is 5.06. The number of hydrogen-bond acceptors (Lipinski definition) is 3. The predicted molar refractivity (Wildman–Crippen MR) is 108 cm³/mol. The summed E-state index contributed by atoms with van der Waals surface area (Å²) >= 11 is 0. The van der Waals surface area contributed by atoms with E-state index >= 15 is 0 Å². The van der Waals surface area contributed by atoms with Gasteiger partial charge in [0.05, 0.1) is 0 Å². The molecule has 27 heavy (non-hydrogen) atoms. The summed E-state index contributed by atoms with van der Waals surface area (Å²) in [6, 6.07) is 9.82. The highest BCUT2D eigenvalue weighted by molar-refractivity contribution is 7.92. The van der Waals surface area contributed by atoms with E-state index in [2.05, 4.69) is 18.7 Å². The second kappa shape index (κ2) is 8.57. The molecule has 1 aliphatic heterocycles. The summed E-state index contributed by atoms with van der Waals surface area (Å²) in [5.41, 5.74) is 0.861. The van der Waals surface area contributed by atoms with Gasteiger partial charge in [-0.25, -0.2) is 8.42 Å². The minimum atomic E-state index is -3.45. The Balaban J connectivity index is 1.57. The average Bonchev–Trinajstić information content (AvgIpc) is 3.50. The van der Waals surface area contributed by atoms with Gasteiger partial charge in [-0.1, -0.05) is 44.2 Å². The van der Waals surface area contributed by atoms with Crippen molar-refractivity contribution in [3.63, 3.8) is 0 Å². The predicted octanol–water partition coefficient (Wildman–Crippen LogP) is 3.35. The van der Waals surface area contributed by atoms with Crippen LogP contribution < -0.4 is 0 Å². The van der Waals surface area contributed by atoms with E-state index in [1.165, 1.54) is 9.71 Å². The third-order valence-corrected chi connectivity index (χ3v) is 6.79. The first-order chi connectivity index (χ1) is 12.9. The van der Waals surface area contributed by atoms with Gasteiger partial charge in [0, 0.05) is 37.0 Å². The maximum Gasteiger partial charge on any atom is 0.236 e. The zero-order chi connectivity index (χ0) is 19.4. The van der Waals surface area contributed by atoms with Crippen molar-refractivity contribution >= 4 is 22.0 Å². The van der Waals surface area contributed by atoms with Crippen LogP contribution in [0.4, 0.5) is 0 Å². The topological polar surface area (TPSA) is 57.7 Å². The Hall–Kier alpha value is -1.66. The van der Waals surface area contributed by atoms with Crippen LogP contribution in [0.25, 0.3) is 6.08 Å². The molecule has 148 valence electrons. The van der Waals surface area contributed by atoms with Gasteiger partial charge in [-0.15, -0.1) is 0 Å². The van der Waals surface area contributed by atoms with Crippen molar-refractivity contribution in [2.75, 3.05) is 19.6 Å². The minimum absolute atomic E-state index is 0.0473. The Morgan fingerprint density at radius 1 is 1.15 bits per heavy atom. The summed E-state index contributed by atoms with van der Waals surface area (Å²) in [5.74, 6) is 0.634. The summed E-state index contributed by atoms with van der Waals surface area (Å²) in [5, 5.41) is 1.28. The molecule has 1 aromatic rings. The van der Waals surface area contributed by atoms with Crippen molar-refractivity contribution in [1.82, 2.24) is 9.21 Å². The Kier molecular flexibility index (Phi) is 6.37. The van der Waals surface area contributed by atoms with Crippen LogP contribution in [-0.4, -0.2) is 49.2 Å². The maximum atomic E-state index is 12.9. The number of benzene rings is 1. The SMILES string of the molecule is CC(C)CN(C(=O)C1CCN(S(=O)(=O)/C=C/c2ccccc2)CC1)C1CC1. The third kappa shape index (κ3) is 5.42. The molecule has 6 heteroatoms. The van der Waals surface area contributed by atoms with Crippen molar-refractivity contribution in [2.24, 2.45) is 11.8 Å². The molecule has 1 aromatic carbocycles. The summed E-state index contributed by atoms with van der Waals surface area (Å²) in [4.78, 5) is 15.0. The molecule has 1 aliphatic carbocycles. The van der Waals surface area contributed by atoms with E-state index in [-0.39, 0.29) is 11.8 Å². The molecule has 1 saturated carbocycles. The molecule has 1 amide bonds. The lowest BCUT2D eigenvalue weighted by Crippen LogP contribution is -2.45. The Morgan fingerprint density at radius 2 is 1.78 bits per heavy atom. The highest BCUT2D eigenvalue weighted by Crippen LogP contribution is 2.31. The van der Waals surface area contributed by atoms with Gasteiger partial charge in [-0.2, -0.15) is 4.31 Å². The van der Waals surface area contributed by atoms with Gasteiger partial charge in [0.25, 0.3) is 0 Å². The first-order valence-corrected chi connectivity index (χ1v) is 11.4. The number of amides is 1. The number of rotatable bonds is 7. The molecule has 0 bridgehead atoms. The van der Waals surface area contributed by atoms with Gasteiger partial charge in [0.2, 0.25) is 15.9 Å². The molecule has 5 nitrogen and oxygen atoms in total. The van der Waals surface area contributed by atoms with Crippen LogP contribution in [0.3, 0.4) is 0 Å². The van der Waals surface area contributed by atoms with Crippen LogP contribution in [0.1, 0.15) is 45.1 Å². The Morgan fingerprint density at radius 3 is 2.33 bits per heavy atom. The van der Waals surface area contributed by atoms with E-state index in [0.717, 1.165) is 24.9 Å². The van der Waals surface area contributed by atoms with Gasteiger partial charge in [0.15, 0.2) is 0 Å². The lowest BCUT2D eigenvalue weighted by molar-refractivity contribution is -0.137. The summed E-state index contributed by atoms with van der Waals surface area (Å²) in [7, 11) is -3.45. The first-order valence-electron chi connectivity index (χ1n) is 9.90. The zero-order valence-corrected chi connectivity index (χ0v) is 17.1. The molecule has 0 unspecified atom stereocenters. The van der Waals surface area contributed by atoms with E-state index in [9.17, 15) is 13.2 Å². The molecule has 1 saturated heterocycles. The van der Waals surface area contributed by atoms with Crippen LogP contribution in [0.5, 0.6) is 0 Å². The maximum absolute atomic E-state index is 12.9. The van der Waals surface area contributed by atoms with Crippen LogP contribution >= 0.6 is 0 Å². The standard InChI is InChI=1S/C21H30N2O3S/c1-17(2)16-23(20-8-9-20)21(24)19-10-13-22(14-11-19)27(25,26)15-12-18-6-4-3-5-7-18/h3-7,12,15,17,19-20H,8-11,13-14,16H2,1-2H3/b15-12+. The van der Waals surface area contributed by atoms with E-state index < -0.39 is 10.0 Å². The van der Waals surface area contributed by atoms with E-state index in [4.69, 9.17) is 0 Å². The largest absolute Gasteiger partial charge is 0.339 e. The molecule has 0 radical (unpaired) electrons. The fourth-order valence-electron chi connectivity index (χ4n) is 3.61. The fraction of sp³-hybridized carbons (Fsp3) is 0.571. The number of carbonyl (C=O) groups excluding carboxylic acids is 1. The summed E-state index contributed by atoms with van der Waals surface area (Å²) < 4.78 is 26.7. The fourth-order valence-corrected chi connectivity index (χ4v) is 4.83. The second-order valence-corrected chi connectivity index (χ2v) is 9.87. The lowest BCUT2D eigenvalue weighted by atomic mass is 9.96. The average molecular weight is 391 g/mol. The highest BCUT2D eigenvalue weighted by atomic mass is 32.2. The number of hydrogen-bond donors (Lipinski definition) is 0. The van der Waals surface area contributed by atoms with Crippen molar-refractivity contribution in [3.8, 4) is 0 Å². The quantitative estimate of drug-likeness (QED) is 0.717. The molecule has 0 spiro atoms. The molecule has 1 heterocycles. The van der Waals surface area contributed by atoms with E-state index in [0.29, 0.717) is 37.9 Å². The zero-order valence-electron chi connectivity index (χ0n) is 16.3. The van der Waals surface area contributed by atoms with Gasteiger partial charge in [-0.05, 0) is 43.2 Å². The first kappa shape index (κ1) is 20.1. The normalized spacial score (nSPS) is 19.7. The molecule has 2 aliphatic rings. The number of sulfonamides is 1. The molecule has 0 aromatic heterocycles. The Bertz CT molecular complexity index is 762. The van der Waals surface area contributed by atoms with Crippen molar-refractivity contribution < 1.29 is 13.2 Å². The van der Waals surface area contributed by atoms with Crippen LogP contribution in [0, 0.1) is 11.8 Å². The van der Waals surface area contributed by atoms with Crippen LogP contribution in [0.2, 0.25) is 0 Å². The molecule has 2 fully saturated rings. The van der Waals surface area contributed by atoms with Gasteiger partial charge in [-0.3, -0.25) is 4.79 Å². The van der Waals surface area contributed by atoms with Crippen molar-refractivity contribution in [3.05, 3.63) is 41.3 Å². The number of carbonyl (C=O) groups is 1. The molecular formula is C21H30N2O3S. The van der Waals surface area contributed by atoms with E-state index in [1.807, 2.05) is 30.3 Å².